The predicted molar refractivity (Wildman–Crippen MR) is 201 cm³/mol. The fourth-order valence-electron chi connectivity index (χ4n) is 9.20. The number of methoxy groups -OCH3 is 1. The number of hydrogen-bond donors (Lipinski definition) is 4. The van der Waals surface area contributed by atoms with Gasteiger partial charge in [-0.2, -0.15) is 0 Å². The van der Waals surface area contributed by atoms with Crippen LogP contribution in [0.15, 0.2) is 24.3 Å². The lowest BCUT2D eigenvalue weighted by atomic mass is 9.67. The van der Waals surface area contributed by atoms with Crippen LogP contribution in [0.1, 0.15) is 121 Å². The number of Topliss-reactive ketones (excluding diaryl/α,β-unsaturated/α-hetero) is 1. The summed E-state index contributed by atoms with van der Waals surface area (Å²) in [6, 6.07) is 4.80. The molecule has 0 radical (unpaired) electrons. The van der Waals surface area contributed by atoms with Crippen LogP contribution < -0.4 is 0 Å². The molecule has 0 aromatic heterocycles. The van der Waals surface area contributed by atoms with Crippen LogP contribution in [0.4, 0.5) is 0 Å². The van der Waals surface area contributed by atoms with E-state index in [1.165, 1.54) is 19.2 Å². The number of carbonyl (C=O) groups excluding carboxylic acids is 4. The van der Waals surface area contributed by atoms with Gasteiger partial charge in [-0.1, -0.05) is 6.92 Å². The fraction of sp³-hybridized carbons (Fsp3) is 0.619. The number of likely N-dealkylation sites (N-methyl/N-ethyl adjacent to an activating group) is 1. The van der Waals surface area contributed by atoms with E-state index in [9.17, 15) is 39.6 Å². The average Bonchev–Trinajstić information content (AvgIpc) is 3.17. The van der Waals surface area contributed by atoms with Gasteiger partial charge in [0.1, 0.15) is 35.7 Å². The smallest absolute Gasteiger partial charge is 0.316 e. The summed E-state index contributed by atoms with van der Waals surface area (Å²) in [5.74, 6) is -4.36. The molecule has 4 N–H and O–H groups in total. The lowest BCUT2D eigenvalue weighted by molar-refractivity contribution is -0.324. The van der Waals surface area contributed by atoms with Crippen LogP contribution in [0.2, 0.25) is 0 Å². The second-order valence-electron chi connectivity index (χ2n) is 16.3. The first-order chi connectivity index (χ1) is 27.5. The number of fused-ring (bicyclic) bond motifs is 3. The Morgan fingerprint density at radius 1 is 0.845 bits per heavy atom. The molecule has 5 aliphatic rings. The number of benzene rings is 2. The van der Waals surface area contributed by atoms with Crippen molar-refractivity contribution in [2.45, 2.75) is 145 Å². The number of carbonyl (C=O) groups is 4. The Kier molecular flexibility index (Phi) is 11.9. The highest BCUT2D eigenvalue weighted by Gasteiger charge is 2.52. The van der Waals surface area contributed by atoms with E-state index in [0.717, 1.165) is 12.1 Å². The van der Waals surface area contributed by atoms with Crippen molar-refractivity contribution < 1.29 is 72.8 Å². The molecule has 7 rings (SSSR count). The number of ketones is 3. The van der Waals surface area contributed by atoms with Gasteiger partial charge in [-0.05, 0) is 76.7 Å². The van der Waals surface area contributed by atoms with Crippen LogP contribution >= 0.6 is 0 Å². The SMILES string of the molecule is CCC1(O)CC(OC2CC(N(C)C)C(OC3CC(O)C(OC4CCC(=O)C(C)O4)C(C)O3)C(C)O2)c2cc3c(cc2C1C(=O)OC)C(=O)c1c(O)ccc(O)c1C3=O. The number of ether oxygens (including phenoxy) is 7. The van der Waals surface area contributed by atoms with Crippen molar-refractivity contribution >= 4 is 23.3 Å². The number of aliphatic hydroxyl groups excluding tert-OH is 1. The zero-order valence-electron chi connectivity index (χ0n) is 33.7. The van der Waals surface area contributed by atoms with Gasteiger partial charge in [0.25, 0.3) is 0 Å². The van der Waals surface area contributed by atoms with Crippen molar-refractivity contribution in [3.63, 3.8) is 0 Å². The van der Waals surface area contributed by atoms with E-state index in [2.05, 4.69) is 0 Å². The first-order valence-corrected chi connectivity index (χ1v) is 19.9. The molecule has 16 nitrogen and oxygen atoms in total. The summed E-state index contributed by atoms with van der Waals surface area (Å²) in [5, 5.41) is 44.4. The molecule has 3 heterocycles. The Balaban J connectivity index is 1.12. The number of esters is 1. The molecule has 316 valence electrons. The van der Waals surface area contributed by atoms with Gasteiger partial charge >= 0.3 is 5.97 Å². The monoisotopic (exact) mass is 811 g/mol. The second-order valence-corrected chi connectivity index (χ2v) is 16.3. The highest BCUT2D eigenvalue weighted by molar-refractivity contribution is 6.30. The number of rotatable bonds is 9. The maximum absolute atomic E-state index is 13.9. The molecule has 0 spiro atoms. The average molecular weight is 812 g/mol. The van der Waals surface area contributed by atoms with E-state index in [0.29, 0.717) is 18.4 Å². The topological polar surface area (TPSA) is 217 Å². The highest BCUT2D eigenvalue weighted by Crippen LogP contribution is 2.51. The van der Waals surface area contributed by atoms with Crippen LogP contribution in [0, 0.1) is 0 Å². The van der Waals surface area contributed by atoms with E-state index in [-0.39, 0.29) is 65.3 Å². The number of hydrogen-bond acceptors (Lipinski definition) is 16. The Bertz CT molecular complexity index is 1940. The van der Waals surface area contributed by atoms with Crippen LogP contribution in [0.5, 0.6) is 11.5 Å². The molecule has 2 aromatic rings. The molecule has 0 amide bonds. The summed E-state index contributed by atoms with van der Waals surface area (Å²) in [6.45, 7) is 7.02. The predicted octanol–water partition coefficient (Wildman–Crippen LogP) is 3.16. The van der Waals surface area contributed by atoms with Crippen molar-refractivity contribution in [3.05, 3.63) is 57.6 Å². The number of nitrogens with zero attached hydrogens (tertiary/aromatic N) is 1. The maximum atomic E-state index is 13.9. The van der Waals surface area contributed by atoms with Crippen LogP contribution in [0.3, 0.4) is 0 Å². The summed E-state index contributed by atoms with van der Waals surface area (Å²) in [4.78, 5) is 55.0. The van der Waals surface area contributed by atoms with Crippen LogP contribution in [0.25, 0.3) is 0 Å². The van der Waals surface area contributed by atoms with E-state index in [4.69, 9.17) is 33.2 Å². The van der Waals surface area contributed by atoms with E-state index < -0.39 is 102 Å². The normalized spacial score (nSPS) is 36.3. The lowest BCUT2D eigenvalue weighted by Gasteiger charge is -2.48. The van der Waals surface area contributed by atoms with Gasteiger partial charge in [-0.3, -0.25) is 19.2 Å². The van der Waals surface area contributed by atoms with Crippen molar-refractivity contribution in [1.82, 2.24) is 4.90 Å². The first kappa shape index (κ1) is 42.3. The molecular formula is C42H53NO15. The Morgan fingerprint density at radius 2 is 1.41 bits per heavy atom. The molecule has 2 aromatic carbocycles. The van der Waals surface area contributed by atoms with E-state index in [1.54, 1.807) is 20.8 Å². The third-order valence-electron chi connectivity index (χ3n) is 12.4. The summed E-state index contributed by atoms with van der Waals surface area (Å²) >= 11 is 0. The van der Waals surface area contributed by atoms with Gasteiger partial charge in [-0.25, -0.2) is 0 Å². The molecule has 0 bridgehead atoms. The van der Waals surface area contributed by atoms with Crippen molar-refractivity contribution in [2.75, 3.05) is 21.2 Å². The largest absolute Gasteiger partial charge is 0.507 e. The summed E-state index contributed by atoms with van der Waals surface area (Å²) in [6.07, 6.45) is -5.99. The molecule has 0 saturated carbocycles. The zero-order valence-corrected chi connectivity index (χ0v) is 33.7. The summed E-state index contributed by atoms with van der Waals surface area (Å²) < 4.78 is 42.8. The fourth-order valence-corrected chi connectivity index (χ4v) is 9.20. The Morgan fingerprint density at radius 3 is 1.97 bits per heavy atom. The molecule has 13 unspecified atom stereocenters. The number of aliphatic hydroxyl groups is 2. The van der Waals surface area contributed by atoms with Gasteiger partial charge in [0.15, 0.2) is 36.2 Å². The van der Waals surface area contributed by atoms with Crippen LogP contribution in [-0.2, 0) is 42.7 Å². The molecule has 3 aliphatic heterocycles. The molecule has 2 aliphatic carbocycles. The maximum Gasteiger partial charge on any atom is 0.316 e. The minimum atomic E-state index is -1.69. The standard InChI is InChI=1S/C42H53NO15/c1-8-42(51)17-30(21-13-23-24(14-22(21)36(42)41(50)52-7)38(49)35-28(46)10-9-27(45)34(35)37(23)48)56-32-15-25(43(5)6)39(19(3)54-32)58-33-16-29(47)40(20(4)55-33)57-31-12-11-26(44)18(2)53-31/h9-10,13-14,18-20,25,29-33,36,39-40,45-47,51H,8,11-12,15-17H2,1-7H3. The molecule has 58 heavy (non-hydrogen) atoms. The second kappa shape index (κ2) is 16.3. The first-order valence-electron chi connectivity index (χ1n) is 19.9. The van der Waals surface area contributed by atoms with Gasteiger partial charge in [0, 0.05) is 49.3 Å². The highest BCUT2D eigenvalue weighted by atomic mass is 16.7. The number of aromatic hydroxyl groups is 2. The molecule has 3 fully saturated rings. The van der Waals surface area contributed by atoms with Gasteiger partial charge in [0.05, 0.1) is 48.3 Å². The number of phenolic OH excluding ortho intramolecular Hbond substituents is 2. The lowest BCUT2D eigenvalue weighted by Crippen LogP contribution is -2.58. The third-order valence-corrected chi connectivity index (χ3v) is 12.4. The Labute approximate surface area is 336 Å². The molecule has 3 saturated heterocycles. The summed E-state index contributed by atoms with van der Waals surface area (Å²) in [7, 11) is 4.98. The minimum absolute atomic E-state index is 0.00981. The van der Waals surface area contributed by atoms with Crippen molar-refractivity contribution in [1.29, 1.82) is 0 Å². The minimum Gasteiger partial charge on any atom is -0.507 e. The Hall–Kier alpha value is -3.84. The van der Waals surface area contributed by atoms with Gasteiger partial charge < -0.3 is 58.5 Å². The molecule has 16 heteroatoms. The van der Waals surface area contributed by atoms with E-state index in [1.807, 2.05) is 25.9 Å². The molecular weight excluding hydrogens is 758 g/mol. The van der Waals surface area contributed by atoms with E-state index >= 15 is 0 Å². The summed E-state index contributed by atoms with van der Waals surface area (Å²) in [5.41, 5.74) is -1.94. The number of phenols is 2. The van der Waals surface area contributed by atoms with Crippen molar-refractivity contribution in [2.24, 2.45) is 0 Å². The van der Waals surface area contributed by atoms with Gasteiger partial charge in [-0.15, -0.1) is 0 Å². The quantitative estimate of drug-likeness (QED) is 0.180. The van der Waals surface area contributed by atoms with Crippen LogP contribution in [-0.4, -0.2) is 137 Å². The van der Waals surface area contributed by atoms with Gasteiger partial charge in [0.2, 0.25) is 0 Å². The van der Waals surface area contributed by atoms with Crippen molar-refractivity contribution in [3.8, 4) is 11.5 Å². The molecule has 13 atom stereocenters. The third kappa shape index (κ3) is 7.58. The zero-order chi connectivity index (χ0) is 42.0.